The van der Waals surface area contributed by atoms with Gasteiger partial charge in [0.1, 0.15) is 30.2 Å². The van der Waals surface area contributed by atoms with Gasteiger partial charge in [0.25, 0.3) is 0 Å². The molecule has 4 aromatic rings. The van der Waals surface area contributed by atoms with E-state index in [2.05, 4.69) is 20.5 Å². The van der Waals surface area contributed by atoms with E-state index in [0.717, 1.165) is 38.8 Å². The van der Waals surface area contributed by atoms with Gasteiger partial charge in [0.05, 0.1) is 17.5 Å². The van der Waals surface area contributed by atoms with E-state index >= 15 is 4.39 Å². The number of benzene rings is 3. The Morgan fingerprint density at radius 3 is 2.60 bits per heavy atom. The van der Waals surface area contributed by atoms with Crippen LogP contribution < -0.4 is 20.1 Å². The average Bonchev–Trinajstić information content (AvgIpc) is 3.81. The number of nitrogens with one attached hydrogen (secondary N) is 2. The van der Waals surface area contributed by atoms with Crippen LogP contribution in [-0.4, -0.2) is 65.4 Å². The Hall–Kier alpha value is -4.81. The van der Waals surface area contributed by atoms with Gasteiger partial charge in [-0.05, 0) is 99.7 Å². The number of carbonyl (C=O) groups excluding carboxylic acids is 2. The molecule has 1 aliphatic heterocycles. The summed E-state index contributed by atoms with van der Waals surface area (Å²) in [4.78, 5) is 31.7. The highest BCUT2D eigenvalue weighted by atomic mass is 19.1. The van der Waals surface area contributed by atoms with Crippen LogP contribution in [-0.2, 0) is 14.3 Å². The normalized spacial score (nSPS) is 17.2. The van der Waals surface area contributed by atoms with Crippen LogP contribution in [0.15, 0.2) is 72.9 Å². The number of aliphatic hydroxyl groups is 1. The number of esters is 1. The number of hydrogen-bond acceptors (Lipinski definition) is 9. The van der Waals surface area contributed by atoms with Crippen LogP contribution in [0.5, 0.6) is 17.2 Å². The van der Waals surface area contributed by atoms with Gasteiger partial charge in [0, 0.05) is 54.1 Å². The van der Waals surface area contributed by atoms with E-state index in [1.807, 2.05) is 25.1 Å². The van der Waals surface area contributed by atoms with E-state index in [1.165, 1.54) is 42.5 Å². The smallest absolute Gasteiger partial charge is 0.305 e. The molecule has 2 fully saturated rings. The molecule has 3 N–H and O–H groups in total. The van der Waals surface area contributed by atoms with Gasteiger partial charge in [0.15, 0.2) is 11.6 Å². The molecule has 0 spiro atoms. The van der Waals surface area contributed by atoms with Crippen LogP contribution in [0.4, 0.5) is 20.2 Å². The molecule has 2 atom stereocenters. The second-order valence-electron chi connectivity index (χ2n) is 12.9. The molecule has 0 radical (unpaired) electrons. The molecule has 1 saturated carbocycles. The number of likely N-dealkylation sites (tertiary alicyclic amines) is 1. The number of rotatable bonds is 16. The summed E-state index contributed by atoms with van der Waals surface area (Å²) in [6, 6.07) is 17.0. The average molecular weight is 689 g/mol. The van der Waals surface area contributed by atoms with E-state index in [0.29, 0.717) is 60.6 Å². The van der Waals surface area contributed by atoms with Gasteiger partial charge >= 0.3 is 5.97 Å². The van der Waals surface area contributed by atoms with Crippen LogP contribution in [0.2, 0.25) is 0 Å². The van der Waals surface area contributed by atoms with E-state index in [9.17, 15) is 19.1 Å². The van der Waals surface area contributed by atoms with Crippen molar-refractivity contribution < 1.29 is 37.7 Å². The van der Waals surface area contributed by atoms with Crippen molar-refractivity contribution in [1.29, 1.82) is 0 Å². The minimum absolute atomic E-state index is 0.0321. The number of aromatic nitrogens is 1. The van der Waals surface area contributed by atoms with Crippen molar-refractivity contribution in [3.05, 3.63) is 84.6 Å². The summed E-state index contributed by atoms with van der Waals surface area (Å²) < 4.78 is 45.9. The fourth-order valence-electron chi connectivity index (χ4n) is 6.22. The van der Waals surface area contributed by atoms with Gasteiger partial charge in [-0.1, -0.05) is 6.92 Å². The quantitative estimate of drug-likeness (QED) is 0.0647. The van der Waals surface area contributed by atoms with Crippen molar-refractivity contribution in [2.45, 2.75) is 64.1 Å². The zero-order chi connectivity index (χ0) is 35.1. The summed E-state index contributed by atoms with van der Waals surface area (Å²) in [6.07, 6.45) is 5.43. The fourth-order valence-corrected chi connectivity index (χ4v) is 6.22. The lowest BCUT2D eigenvalue weighted by Gasteiger charge is -2.24. The summed E-state index contributed by atoms with van der Waals surface area (Å²) in [5.41, 5.74) is 0.239. The molecule has 264 valence electrons. The summed E-state index contributed by atoms with van der Waals surface area (Å²) in [7, 11) is 0. The number of anilines is 2. The number of amides is 1. The lowest BCUT2D eigenvalue weighted by molar-refractivity contribution is -0.145. The first kappa shape index (κ1) is 35.0. The molecule has 2 unspecified atom stereocenters. The summed E-state index contributed by atoms with van der Waals surface area (Å²) in [5, 5.41) is 17.0. The predicted octanol–water partition coefficient (Wildman–Crippen LogP) is 7.03. The van der Waals surface area contributed by atoms with Crippen LogP contribution >= 0.6 is 0 Å². The maximum absolute atomic E-state index is 15.2. The molecule has 10 nitrogen and oxygen atoms in total. The lowest BCUT2D eigenvalue weighted by Crippen LogP contribution is -2.39. The Kier molecular flexibility index (Phi) is 11.1. The van der Waals surface area contributed by atoms with Crippen molar-refractivity contribution in [2.24, 2.45) is 5.41 Å². The van der Waals surface area contributed by atoms with Crippen molar-refractivity contribution in [1.82, 2.24) is 9.88 Å². The first-order valence-electron chi connectivity index (χ1n) is 17.1. The molecule has 2 heterocycles. The molecule has 6 rings (SSSR count). The third-order valence-electron chi connectivity index (χ3n) is 9.24. The third kappa shape index (κ3) is 8.48. The summed E-state index contributed by atoms with van der Waals surface area (Å²) in [6.45, 7) is 4.76. The number of halogens is 2. The molecule has 1 aromatic heterocycles. The van der Waals surface area contributed by atoms with E-state index in [4.69, 9.17) is 14.2 Å². The Labute approximate surface area is 289 Å². The Balaban J connectivity index is 1.01. The topological polar surface area (TPSA) is 122 Å². The van der Waals surface area contributed by atoms with Gasteiger partial charge in [-0.3, -0.25) is 19.5 Å². The summed E-state index contributed by atoms with van der Waals surface area (Å²) in [5.74, 6) is -0.637. The molecule has 1 amide bonds. The largest absolute Gasteiger partial charge is 0.493 e. The monoisotopic (exact) mass is 688 g/mol. The van der Waals surface area contributed by atoms with Crippen LogP contribution in [0.3, 0.4) is 0 Å². The van der Waals surface area contributed by atoms with Crippen LogP contribution in [0.1, 0.15) is 51.9 Å². The highest BCUT2D eigenvalue weighted by Gasteiger charge is 2.56. The van der Waals surface area contributed by atoms with Gasteiger partial charge in [-0.2, -0.15) is 0 Å². The molecule has 50 heavy (non-hydrogen) atoms. The van der Waals surface area contributed by atoms with E-state index in [-0.39, 0.29) is 23.4 Å². The number of fused-ring (bicyclic) bond motifs is 1. The van der Waals surface area contributed by atoms with Crippen molar-refractivity contribution in [3.8, 4) is 17.2 Å². The van der Waals surface area contributed by atoms with Gasteiger partial charge in [0.2, 0.25) is 5.91 Å². The number of carbonyl (C=O) groups is 2. The standard InChI is InChI=1S/C38H42F2N4O6/c1-2-5-35(45)49-24-28-6-3-19-44(28)20-4-21-48-29-12-13-30-32(23-29)41-18-15-33(30)50-34-14-11-27(22-31(34)40)43-37(47)38(16-17-38)36(46)42-26-9-7-25(39)8-10-26/h7-15,18,22-23,28,36,42,46H,2-6,16-17,19-21,24H2,1H3,(H,43,47). The maximum Gasteiger partial charge on any atom is 0.305 e. The Bertz CT molecular complexity index is 1800. The Morgan fingerprint density at radius 2 is 1.84 bits per heavy atom. The van der Waals surface area contributed by atoms with Gasteiger partial charge < -0.3 is 30.0 Å². The maximum atomic E-state index is 15.2. The highest BCUT2D eigenvalue weighted by molar-refractivity contribution is 5.98. The van der Waals surface area contributed by atoms with Crippen molar-refractivity contribution in [2.75, 3.05) is 36.9 Å². The zero-order valence-electron chi connectivity index (χ0n) is 28.0. The minimum Gasteiger partial charge on any atom is -0.493 e. The SMILES string of the molecule is CCCC(=O)OCC1CCCN1CCCOc1ccc2c(Oc3ccc(NC(=O)C4(C(O)Nc5ccc(F)cc5)CC4)cc3F)ccnc2c1. The fraction of sp³-hybridized carbons (Fsp3) is 0.395. The lowest BCUT2D eigenvalue weighted by atomic mass is 10.0. The molecule has 2 aliphatic rings. The van der Waals surface area contributed by atoms with Gasteiger partial charge in [-0.25, -0.2) is 8.78 Å². The number of nitrogens with zero attached hydrogens (tertiary/aromatic N) is 2. The Morgan fingerprint density at radius 1 is 1.04 bits per heavy atom. The zero-order valence-corrected chi connectivity index (χ0v) is 28.0. The number of ether oxygens (including phenoxy) is 3. The number of hydrogen-bond donors (Lipinski definition) is 3. The first-order valence-corrected chi connectivity index (χ1v) is 17.1. The van der Waals surface area contributed by atoms with Crippen molar-refractivity contribution in [3.63, 3.8) is 0 Å². The number of aliphatic hydroxyl groups excluding tert-OH is 1. The number of pyridine rings is 1. The predicted molar refractivity (Wildman–Crippen MR) is 185 cm³/mol. The second kappa shape index (κ2) is 15.8. The second-order valence-corrected chi connectivity index (χ2v) is 12.9. The molecule has 3 aromatic carbocycles. The molecule has 1 aliphatic carbocycles. The minimum atomic E-state index is -1.21. The van der Waals surface area contributed by atoms with Crippen LogP contribution in [0, 0.1) is 17.0 Å². The molecular formula is C38H42F2N4O6. The first-order chi connectivity index (χ1) is 24.2. The molecular weight excluding hydrogens is 646 g/mol. The molecule has 0 bridgehead atoms. The van der Waals surface area contributed by atoms with E-state index < -0.39 is 29.2 Å². The molecule has 12 heteroatoms. The van der Waals surface area contributed by atoms with E-state index in [1.54, 1.807) is 12.3 Å². The van der Waals surface area contributed by atoms with Crippen molar-refractivity contribution >= 4 is 34.2 Å². The van der Waals surface area contributed by atoms with Gasteiger partial charge in [-0.15, -0.1) is 0 Å². The summed E-state index contributed by atoms with van der Waals surface area (Å²) >= 11 is 0. The van der Waals surface area contributed by atoms with Crippen LogP contribution in [0.25, 0.3) is 10.9 Å². The molecule has 1 saturated heterocycles. The third-order valence-corrected chi connectivity index (χ3v) is 9.24. The highest BCUT2D eigenvalue weighted by Crippen LogP contribution is 2.50.